The minimum Gasteiger partial charge on any atom is -0.396 e. The molecule has 5 nitrogen and oxygen atoms in total. The third kappa shape index (κ3) is 2.53. The van der Waals surface area contributed by atoms with Crippen molar-refractivity contribution < 1.29 is 4.79 Å². The molecule has 0 aliphatic carbocycles. The predicted molar refractivity (Wildman–Crippen MR) is 64.0 cm³/mol. The van der Waals surface area contributed by atoms with Gasteiger partial charge >= 0.3 is 0 Å². The van der Waals surface area contributed by atoms with Crippen LogP contribution in [0.2, 0.25) is 0 Å². The lowest BCUT2D eigenvalue weighted by atomic mass is 10.0. The second-order valence-corrected chi connectivity index (χ2v) is 4.30. The quantitative estimate of drug-likeness (QED) is 0.806. The third-order valence-electron chi connectivity index (χ3n) is 2.74. The van der Waals surface area contributed by atoms with Gasteiger partial charge in [-0.1, -0.05) is 20.8 Å². The molecule has 0 spiro atoms. The van der Waals surface area contributed by atoms with Crippen LogP contribution in [0.5, 0.6) is 0 Å². The topological polar surface area (TPSA) is 72.9 Å². The van der Waals surface area contributed by atoms with Gasteiger partial charge in [0.05, 0.1) is 11.9 Å². The first-order chi connectivity index (χ1) is 7.47. The summed E-state index contributed by atoms with van der Waals surface area (Å²) in [6, 6.07) is 0.168. The molecule has 5 heteroatoms. The molecule has 3 N–H and O–H groups in total. The lowest BCUT2D eigenvalue weighted by Gasteiger charge is -2.20. The Bertz CT molecular complexity index is 351. The van der Waals surface area contributed by atoms with Crippen molar-refractivity contribution in [2.75, 3.05) is 5.73 Å². The van der Waals surface area contributed by atoms with E-state index in [2.05, 4.69) is 31.2 Å². The molecule has 1 atom stereocenters. The van der Waals surface area contributed by atoms with Gasteiger partial charge in [0.2, 0.25) is 0 Å². The van der Waals surface area contributed by atoms with Gasteiger partial charge in [-0.2, -0.15) is 5.10 Å². The molecular formula is C11H20N4O. The molecule has 1 rings (SSSR count). The van der Waals surface area contributed by atoms with E-state index in [-0.39, 0.29) is 11.9 Å². The van der Waals surface area contributed by atoms with Crippen molar-refractivity contribution >= 4 is 11.6 Å². The Balaban J connectivity index is 2.80. The molecule has 0 bridgehead atoms. The van der Waals surface area contributed by atoms with Crippen LogP contribution in [0.25, 0.3) is 0 Å². The summed E-state index contributed by atoms with van der Waals surface area (Å²) >= 11 is 0. The van der Waals surface area contributed by atoms with Gasteiger partial charge in [-0.25, -0.2) is 0 Å². The number of anilines is 1. The number of nitrogens with one attached hydrogen (secondary N) is 1. The second-order valence-electron chi connectivity index (χ2n) is 4.30. The predicted octanol–water partition coefficient (Wildman–Crippen LogP) is 1.17. The van der Waals surface area contributed by atoms with Crippen LogP contribution in [0.3, 0.4) is 0 Å². The summed E-state index contributed by atoms with van der Waals surface area (Å²) < 4.78 is 1.50. The number of hydrogen-bond acceptors (Lipinski definition) is 3. The maximum atomic E-state index is 12.0. The fraction of sp³-hybridized carbons (Fsp3) is 0.636. The molecule has 16 heavy (non-hydrogen) atoms. The van der Waals surface area contributed by atoms with E-state index in [1.165, 1.54) is 10.9 Å². The highest BCUT2D eigenvalue weighted by molar-refractivity contribution is 5.97. The number of rotatable bonds is 4. The van der Waals surface area contributed by atoms with E-state index < -0.39 is 0 Å². The first-order valence-electron chi connectivity index (χ1n) is 5.55. The van der Waals surface area contributed by atoms with E-state index in [4.69, 9.17) is 5.73 Å². The van der Waals surface area contributed by atoms with Crippen LogP contribution in [0.15, 0.2) is 6.20 Å². The smallest absolute Gasteiger partial charge is 0.271 e. The molecule has 0 aromatic carbocycles. The van der Waals surface area contributed by atoms with Crippen LogP contribution < -0.4 is 11.1 Å². The zero-order valence-electron chi connectivity index (χ0n) is 10.3. The van der Waals surface area contributed by atoms with Gasteiger partial charge in [0, 0.05) is 13.1 Å². The summed E-state index contributed by atoms with van der Waals surface area (Å²) in [5.74, 6) is 0.251. The highest BCUT2D eigenvalue weighted by atomic mass is 16.2. The normalized spacial score (nSPS) is 12.8. The van der Waals surface area contributed by atoms with Crippen LogP contribution >= 0.6 is 0 Å². The van der Waals surface area contributed by atoms with Crippen LogP contribution in [-0.2, 0) is 7.05 Å². The van der Waals surface area contributed by atoms with Gasteiger partial charge in [0.25, 0.3) is 5.91 Å². The zero-order valence-corrected chi connectivity index (χ0v) is 10.3. The van der Waals surface area contributed by atoms with E-state index in [1.807, 2.05) is 0 Å². The van der Waals surface area contributed by atoms with Crippen molar-refractivity contribution in [2.24, 2.45) is 13.0 Å². The molecule has 1 aromatic heterocycles. The number of aryl methyl sites for hydroxylation is 1. The number of carbonyl (C=O) groups is 1. The van der Waals surface area contributed by atoms with Gasteiger partial charge in [0.1, 0.15) is 5.69 Å². The first-order valence-corrected chi connectivity index (χ1v) is 5.55. The van der Waals surface area contributed by atoms with E-state index in [0.29, 0.717) is 17.3 Å². The molecule has 1 amide bonds. The number of carbonyl (C=O) groups excluding carboxylic acids is 1. The van der Waals surface area contributed by atoms with Crippen molar-refractivity contribution in [1.29, 1.82) is 0 Å². The van der Waals surface area contributed by atoms with Gasteiger partial charge in [0.15, 0.2) is 0 Å². The van der Waals surface area contributed by atoms with E-state index >= 15 is 0 Å². The van der Waals surface area contributed by atoms with Crippen molar-refractivity contribution in [3.8, 4) is 0 Å². The highest BCUT2D eigenvalue weighted by Gasteiger charge is 2.19. The summed E-state index contributed by atoms with van der Waals surface area (Å²) in [4.78, 5) is 12.0. The van der Waals surface area contributed by atoms with E-state index in [9.17, 15) is 4.79 Å². The molecule has 0 aliphatic heterocycles. The number of amides is 1. The van der Waals surface area contributed by atoms with Gasteiger partial charge < -0.3 is 11.1 Å². The molecule has 1 unspecified atom stereocenters. The Morgan fingerprint density at radius 2 is 2.25 bits per heavy atom. The summed E-state index contributed by atoms with van der Waals surface area (Å²) in [7, 11) is 1.71. The van der Waals surface area contributed by atoms with Crippen molar-refractivity contribution in [3.63, 3.8) is 0 Å². The van der Waals surface area contributed by atoms with Crippen molar-refractivity contribution in [3.05, 3.63) is 11.9 Å². The monoisotopic (exact) mass is 224 g/mol. The minimum atomic E-state index is -0.155. The Morgan fingerprint density at radius 3 is 2.62 bits per heavy atom. The highest BCUT2D eigenvalue weighted by Crippen LogP contribution is 2.11. The molecule has 0 fully saturated rings. The van der Waals surface area contributed by atoms with Gasteiger partial charge in [-0.15, -0.1) is 0 Å². The van der Waals surface area contributed by atoms with Crippen LogP contribution in [0.1, 0.15) is 37.7 Å². The summed E-state index contributed by atoms with van der Waals surface area (Å²) in [5, 5.41) is 6.92. The molecular weight excluding hydrogens is 204 g/mol. The average molecular weight is 224 g/mol. The van der Waals surface area contributed by atoms with E-state index in [0.717, 1.165) is 6.42 Å². The SMILES string of the molecule is CCC(NC(=O)c1c(N)cnn1C)C(C)C. The largest absolute Gasteiger partial charge is 0.396 e. The standard InChI is InChI=1S/C11H20N4O/c1-5-9(7(2)3)14-11(16)10-8(12)6-13-15(10)4/h6-7,9H,5,12H2,1-4H3,(H,14,16). The van der Waals surface area contributed by atoms with Crippen LogP contribution in [0.4, 0.5) is 5.69 Å². The lowest BCUT2D eigenvalue weighted by Crippen LogP contribution is -2.39. The molecule has 0 saturated carbocycles. The number of hydrogen-bond donors (Lipinski definition) is 2. The maximum Gasteiger partial charge on any atom is 0.271 e. The molecule has 0 aliphatic rings. The Labute approximate surface area is 96.0 Å². The molecule has 0 saturated heterocycles. The number of nitrogen functional groups attached to an aromatic ring is 1. The fourth-order valence-corrected chi connectivity index (χ4v) is 1.71. The van der Waals surface area contributed by atoms with Crippen LogP contribution in [-0.4, -0.2) is 21.7 Å². The summed E-state index contributed by atoms with van der Waals surface area (Å²) in [6.45, 7) is 6.22. The molecule has 1 heterocycles. The maximum absolute atomic E-state index is 12.0. The third-order valence-corrected chi connectivity index (χ3v) is 2.74. The first kappa shape index (κ1) is 12.5. The molecule has 1 aromatic rings. The zero-order chi connectivity index (χ0) is 12.3. The molecule has 90 valence electrons. The van der Waals surface area contributed by atoms with Crippen LogP contribution in [0, 0.1) is 5.92 Å². The number of nitrogens with zero attached hydrogens (tertiary/aromatic N) is 2. The average Bonchev–Trinajstić information content (AvgIpc) is 2.54. The fourth-order valence-electron chi connectivity index (χ4n) is 1.71. The Kier molecular flexibility index (Phi) is 3.93. The van der Waals surface area contributed by atoms with Gasteiger partial charge in [-0.3, -0.25) is 9.48 Å². The van der Waals surface area contributed by atoms with Gasteiger partial charge in [-0.05, 0) is 12.3 Å². The minimum absolute atomic E-state index is 0.155. The number of nitrogens with two attached hydrogens (primary N) is 1. The Hall–Kier alpha value is -1.52. The summed E-state index contributed by atoms with van der Waals surface area (Å²) in [6.07, 6.45) is 2.40. The van der Waals surface area contributed by atoms with Crippen molar-refractivity contribution in [1.82, 2.24) is 15.1 Å². The second kappa shape index (κ2) is 5.01. The summed E-state index contributed by atoms with van der Waals surface area (Å²) in [5.41, 5.74) is 6.54. The number of aromatic nitrogens is 2. The lowest BCUT2D eigenvalue weighted by molar-refractivity contribution is 0.0916. The molecule has 0 radical (unpaired) electrons. The van der Waals surface area contributed by atoms with E-state index in [1.54, 1.807) is 7.05 Å². The van der Waals surface area contributed by atoms with Crippen molar-refractivity contribution in [2.45, 2.75) is 33.2 Å². The Morgan fingerprint density at radius 1 is 1.62 bits per heavy atom.